The number of carbonyl (C=O) groups excluding carboxylic acids is 1. The van der Waals surface area contributed by atoms with Crippen LogP contribution in [0, 0.1) is 22.6 Å². The third-order valence-electron chi connectivity index (χ3n) is 4.11. The molecule has 0 aliphatic carbocycles. The molecule has 2 heterocycles. The summed E-state index contributed by atoms with van der Waals surface area (Å²) in [5, 5.41) is 9.35. The Labute approximate surface area is 138 Å². The first-order valence-electron chi connectivity index (χ1n) is 7.64. The lowest BCUT2D eigenvalue weighted by molar-refractivity contribution is -0.00613. The number of furan rings is 1. The van der Waals surface area contributed by atoms with E-state index in [2.05, 4.69) is 6.07 Å². The average Bonchev–Trinajstić information content (AvgIpc) is 3.11. The summed E-state index contributed by atoms with van der Waals surface area (Å²) in [5.41, 5.74) is -0.441. The second-order valence-corrected chi connectivity index (χ2v) is 5.72. The lowest BCUT2D eigenvalue weighted by atomic mass is 9.83. The van der Waals surface area contributed by atoms with Gasteiger partial charge in [-0.05, 0) is 37.1 Å². The van der Waals surface area contributed by atoms with Crippen LogP contribution in [-0.4, -0.2) is 25.8 Å². The molecule has 0 amide bonds. The zero-order chi connectivity index (χ0) is 17.0. The Balaban J connectivity index is 1.68. The minimum absolute atomic E-state index is 0.0125. The largest absolute Gasteiger partial charge is 0.458 e. The molecule has 0 unspecified atom stereocenters. The Morgan fingerprint density at radius 1 is 1.25 bits per heavy atom. The number of rotatable bonds is 4. The van der Waals surface area contributed by atoms with E-state index in [1.54, 1.807) is 18.2 Å². The van der Waals surface area contributed by atoms with Crippen LogP contribution in [0.1, 0.15) is 23.4 Å². The van der Waals surface area contributed by atoms with Crippen LogP contribution in [0.5, 0.6) is 0 Å². The summed E-state index contributed by atoms with van der Waals surface area (Å²) in [6, 6.07) is 11.3. The second-order valence-electron chi connectivity index (χ2n) is 5.72. The highest BCUT2D eigenvalue weighted by Crippen LogP contribution is 2.31. The van der Waals surface area contributed by atoms with Gasteiger partial charge in [0, 0.05) is 13.2 Å². The summed E-state index contributed by atoms with van der Waals surface area (Å²) < 4.78 is 29.6. The highest BCUT2D eigenvalue weighted by Gasteiger charge is 2.34. The van der Waals surface area contributed by atoms with E-state index in [0.717, 1.165) is 0 Å². The predicted molar refractivity (Wildman–Crippen MR) is 82.5 cm³/mol. The van der Waals surface area contributed by atoms with Crippen LogP contribution in [0.15, 0.2) is 40.8 Å². The molecule has 0 atom stereocenters. The van der Waals surface area contributed by atoms with Crippen molar-refractivity contribution in [1.82, 2.24) is 0 Å². The molecule has 0 spiro atoms. The van der Waals surface area contributed by atoms with E-state index in [-0.39, 0.29) is 23.7 Å². The van der Waals surface area contributed by atoms with Gasteiger partial charge in [0.05, 0.1) is 17.0 Å². The molecule has 0 N–H and O–H groups in total. The smallest absolute Gasteiger partial charge is 0.374 e. The molecule has 1 aromatic heterocycles. The van der Waals surface area contributed by atoms with Crippen LogP contribution >= 0.6 is 0 Å². The molecule has 6 heteroatoms. The Hall–Kier alpha value is -2.65. The van der Waals surface area contributed by atoms with Crippen LogP contribution in [0.25, 0.3) is 11.3 Å². The standard InChI is InChI=1S/C18H16FNO4/c19-14-4-2-1-3-13(14)15-5-6-16(24-15)17(21)23-12-18(11-20)7-9-22-10-8-18/h1-6H,7-10,12H2. The van der Waals surface area contributed by atoms with Gasteiger partial charge >= 0.3 is 5.97 Å². The minimum atomic E-state index is -0.713. The highest BCUT2D eigenvalue weighted by atomic mass is 19.1. The van der Waals surface area contributed by atoms with Gasteiger partial charge in [0.1, 0.15) is 18.2 Å². The zero-order valence-corrected chi connectivity index (χ0v) is 13.0. The monoisotopic (exact) mass is 329 g/mol. The van der Waals surface area contributed by atoms with Gasteiger partial charge in [-0.25, -0.2) is 9.18 Å². The molecular weight excluding hydrogens is 313 g/mol. The molecule has 5 nitrogen and oxygen atoms in total. The SMILES string of the molecule is N#CC1(COC(=O)c2ccc(-c3ccccc3F)o2)CCOCC1. The van der Waals surface area contributed by atoms with Crippen molar-refractivity contribution in [3.63, 3.8) is 0 Å². The Morgan fingerprint density at radius 2 is 2.00 bits per heavy atom. The maximum absolute atomic E-state index is 13.7. The Morgan fingerprint density at radius 3 is 2.71 bits per heavy atom. The third kappa shape index (κ3) is 3.31. The van der Waals surface area contributed by atoms with E-state index in [9.17, 15) is 14.4 Å². The number of ether oxygens (including phenoxy) is 2. The van der Waals surface area contributed by atoms with Gasteiger partial charge in [-0.1, -0.05) is 12.1 Å². The predicted octanol–water partition coefficient (Wildman–Crippen LogP) is 3.56. The van der Waals surface area contributed by atoms with E-state index in [1.807, 2.05) is 0 Å². The van der Waals surface area contributed by atoms with Crippen molar-refractivity contribution in [1.29, 1.82) is 5.26 Å². The number of benzene rings is 1. The molecule has 1 saturated heterocycles. The van der Waals surface area contributed by atoms with Crippen molar-refractivity contribution in [3.8, 4) is 17.4 Å². The zero-order valence-electron chi connectivity index (χ0n) is 13.0. The maximum atomic E-state index is 13.7. The van der Waals surface area contributed by atoms with Crippen LogP contribution in [0.4, 0.5) is 4.39 Å². The van der Waals surface area contributed by atoms with Gasteiger partial charge in [-0.15, -0.1) is 0 Å². The molecule has 24 heavy (non-hydrogen) atoms. The second kappa shape index (κ2) is 6.85. The van der Waals surface area contributed by atoms with Gasteiger partial charge in [-0.3, -0.25) is 0 Å². The van der Waals surface area contributed by atoms with Crippen molar-refractivity contribution >= 4 is 5.97 Å². The van der Waals surface area contributed by atoms with Gasteiger partial charge in [0.2, 0.25) is 5.76 Å². The Bertz CT molecular complexity index is 771. The highest BCUT2D eigenvalue weighted by molar-refractivity contribution is 5.87. The molecule has 124 valence electrons. The fraction of sp³-hybridized carbons (Fsp3) is 0.333. The molecule has 1 aromatic carbocycles. The van der Waals surface area contributed by atoms with Crippen molar-refractivity contribution in [2.75, 3.05) is 19.8 Å². The third-order valence-corrected chi connectivity index (χ3v) is 4.11. The van der Waals surface area contributed by atoms with Crippen LogP contribution < -0.4 is 0 Å². The lowest BCUT2D eigenvalue weighted by Gasteiger charge is -2.29. The summed E-state index contributed by atoms with van der Waals surface area (Å²) in [4.78, 5) is 12.1. The fourth-order valence-electron chi connectivity index (χ4n) is 2.58. The van der Waals surface area contributed by atoms with Crippen molar-refractivity contribution < 1.29 is 23.1 Å². The van der Waals surface area contributed by atoms with E-state index in [1.165, 1.54) is 18.2 Å². The van der Waals surface area contributed by atoms with E-state index >= 15 is 0 Å². The van der Waals surface area contributed by atoms with Gasteiger partial charge < -0.3 is 13.9 Å². The van der Waals surface area contributed by atoms with Gasteiger partial charge in [0.15, 0.2) is 0 Å². The van der Waals surface area contributed by atoms with Gasteiger partial charge in [0.25, 0.3) is 0 Å². The van der Waals surface area contributed by atoms with E-state index < -0.39 is 17.2 Å². The van der Waals surface area contributed by atoms with E-state index in [0.29, 0.717) is 26.1 Å². The minimum Gasteiger partial charge on any atom is -0.458 e. The maximum Gasteiger partial charge on any atom is 0.374 e. The van der Waals surface area contributed by atoms with Crippen LogP contribution in [-0.2, 0) is 9.47 Å². The summed E-state index contributed by atoms with van der Waals surface area (Å²) in [5.74, 6) is -0.870. The number of carbonyl (C=O) groups is 1. The van der Waals surface area contributed by atoms with Crippen LogP contribution in [0.2, 0.25) is 0 Å². The Kier molecular flexibility index (Phi) is 4.63. The number of nitriles is 1. The first-order valence-corrected chi connectivity index (χ1v) is 7.64. The van der Waals surface area contributed by atoms with E-state index in [4.69, 9.17) is 13.9 Å². The first-order chi connectivity index (χ1) is 11.6. The van der Waals surface area contributed by atoms with Crippen molar-refractivity contribution in [3.05, 3.63) is 48.0 Å². The summed E-state index contributed by atoms with van der Waals surface area (Å²) >= 11 is 0. The topological polar surface area (TPSA) is 72.5 Å². The summed E-state index contributed by atoms with van der Waals surface area (Å²) in [6.45, 7) is 0.939. The number of hydrogen-bond donors (Lipinski definition) is 0. The normalized spacial score (nSPS) is 16.3. The molecule has 0 bridgehead atoms. The molecule has 0 radical (unpaired) electrons. The number of esters is 1. The van der Waals surface area contributed by atoms with Crippen molar-refractivity contribution in [2.45, 2.75) is 12.8 Å². The summed E-state index contributed by atoms with van der Waals surface area (Å²) in [7, 11) is 0. The van der Waals surface area contributed by atoms with Crippen LogP contribution in [0.3, 0.4) is 0 Å². The quantitative estimate of drug-likeness (QED) is 0.802. The molecule has 1 aliphatic rings. The lowest BCUT2D eigenvalue weighted by Crippen LogP contribution is -2.33. The summed E-state index contributed by atoms with van der Waals surface area (Å²) in [6.07, 6.45) is 1.05. The molecular formula is C18H16FNO4. The first kappa shape index (κ1) is 16.2. The number of nitrogens with zero attached hydrogens (tertiary/aromatic N) is 1. The van der Waals surface area contributed by atoms with Crippen molar-refractivity contribution in [2.24, 2.45) is 5.41 Å². The molecule has 2 aromatic rings. The molecule has 3 rings (SSSR count). The molecule has 1 aliphatic heterocycles. The molecule has 0 saturated carbocycles. The average molecular weight is 329 g/mol. The number of hydrogen-bond acceptors (Lipinski definition) is 5. The number of halogens is 1. The fourth-order valence-corrected chi connectivity index (χ4v) is 2.58. The van der Waals surface area contributed by atoms with Gasteiger partial charge in [-0.2, -0.15) is 5.26 Å². The molecule has 1 fully saturated rings.